The van der Waals surface area contributed by atoms with Crippen molar-refractivity contribution in [2.24, 2.45) is 5.92 Å². The number of carbonyl (C=O) groups is 1. The number of benzene rings is 1. The highest BCUT2D eigenvalue weighted by molar-refractivity contribution is 5.90. The summed E-state index contributed by atoms with van der Waals surface area (Å²) in [7, 11) is 1.87. The van der Waals surface area contributed by atoms with E-state index in [-0.39, 0.29) is 18.7 Å². The van der Waals surface area contributed by atoms with Crippen LogP contribution in [0.4, 0.5) is 10.5 Å². The van der Waals surface area contributed by atoms with Crippen LogP contribution >= 0.6 is 0 Å². The van der Waals surface area contributed by atoms with Gasteiger partial charge in [-0.15, -0.1) is 0 Å². The summed E-state index contributed by atoms with van der Waals surface area (Å²) in [6.07, 6.45) is 3.95. The number of anilines is 1. The number of rotatable bonds is 3. The molecule has 0 heterocycles. The molecule has 116 valence electrons. The number of nitrogens with one attached hydrogen (secondary N) is 1. The number of aryl methyl sites for hydroxylation is 1. The van der Waals surface area contributed by atoms with Crippen molar-refractivity contribution in [2.75, 3.05) is 19.0 Å². The molecule has 0 saturated heterocycles. The van der Waals surface area contributed by atoms with Gasteiger partial charge in [0.15, 0.2) is 0 Å². The first-order valence-electron chi connectivity index (χ1n) is 7.73. The van der Waals surface area contributed by atoms with Crippen LogP contribution in [0.1, 0.15) is 36.8 Å². The van der Waals surface area contributed by atoms with Gasteiger partial charge in [0.2, 0.25) is 0 Å². The van der Waals surface area contributed by atoms with E-state index in [9.17, 15) is 9.90 Å². The Hall–Kier alpha value is -1.55. The first kappa shape index (κ1) is 15.8. The maximum atomic E-state index is 12.4. The van der Waals surface area contributed by atoms with E-state index in [0.29, 0.717) is 5.92 Å². The maximum absolute atomic E-state index is 12.4. The van der Waals surface area contributed by atoms with E-state index in [2.05, 4.69) is 5.32 Å². The van der Waals surface area contributed by atoms with E-state index >= 15 is 0 Å². The Labute approximate surface area is 127 Å². The normalized spacial score (nSPS) is 21.9. The van der Waals surface area contributed by atoms with Crippen molar-refractivity contribution in [1.82, 2.24) is 4.90 Å². The number of carbonyl (C=O) groups excluding carboxylic acids is 1. The van der Waals surface area contributed by atoms with E-state index < -0.39 is 0 Å². The molecule has 0 atom stereocenters. The van der Waals surface area contributed by atoms with Gasteiger partial charge in [-0.1, -0.05) is 12.1 Å². The van der Waals surface area contributed by atoms with Gasteiger partial charge < -0.3 is 15.3 Å². The minimum atomic E-state index is -0.0452. The van der Waals surface area contributed by atoms with Gasteiger partial charge in [-0.3, -0.25) is 0 Å². The van der Waals surface area contributed by atoms with Crippen molar-refractivity contribution in [1.29, 1.82) is 0 Å². The van der Waals surface area contributed by atoms with Crippen molar-refractivity contribution in [3.63, 3.8) is 0 Å². The standard InChI is InChI=1S/C17H26N2O2/c1-12-5-4-6-16(13(12)2)18-17(21)19(3)15-9-7-14(11-20)8-10-15/h4-6,14-15,20H,7-11H2,1-3H3,(H,18,21). The third-order valence-electron chi connectivity index (χ3n) is 4.79. The zero-order valence-corrected chi connectivity index (χ0v) is 13.2. The van der Waals surface area contributed by atoms with Gasteiger partial charge in [0.1, 0.15) is 0 Å². The number of aliphatic hydroxyl groups is 1. The van der Waals surface area contributed by atoms with E-state index in [0.717, 1.165) is 36.9 Å². The molecule has 1 aliphatic rings. The Morgan fingerprint density at radius 2 is 1.95 bits per heavy atom. The molecule has 0 unspecified atom stereocenters. The summed E-state index contributed by atoms with van der Waals surface area (Å²) in [5.41, 5.74) is 3.18. The molecular formula is C17H26N2O2. The summed E-state index contributed by atoms with van der Waals surface area (Å²) in [6.45, 7) is 4.34. The molecule has 1 aromatic rings. The molecule has 0 radical (unpaired) electrons. The summed E-state index contributed by atoms with van der Waals surface area (Å²) < 4.78 is 0. The number of nitrogens with zero attached hydrogens (tertiary/aromatic N) is 1. The van der Waals surface area contributed by atoms with Crippen LogP contribution in [0, 0.1) is 19.8 Å². The number of urea groups is 1. The lowest BCUT2D eigenvalue weighted by molar-refractivity contribution is 0.139. The summed E-state index contributed by atoms with van der Waals surface area (Å²) in [5.74, 6) is 0.414. The van der Waals surface area contributed by atoms with Crippen LogP contribution in [-0.4, -0.2) is 35.7 Å². The lowest BCUT2D eigenvalue weighted by Gasteiger charge is -2.34. The number of amides is 2. The second kappa shape index (κ2) is 6.94. The Kier molecular flexibility index (Phi) is 5.23. The molecular weight excluding hydrogens is 264 g/mol. The summed E-state index contributed by atoms with van der Waals surface area (Å²) in [5, 5.41) is 12.2. The Bertz CT molecular complexity index is 494. The lowest BCUT2D eigenvalue weighted by atomic mass is 9.86. The van der Waals surface area contributed by atoms with Crippen LogP contribution in [0.3, 0.4) is 0 Å². The predicted molar refractivity (Wildman–Crippen MR) is 85.5 cm³/mol. The fourth-order valence-corrected chi connectivity index (χ4v) is 2.97. The lowest BCUT2D eigenvalue weighted by Crippen LogP contribution is -2.42. The predicted octanol–water partition coefficient (Wildman–Crippen LogP) is 3.32. The van der Waals surface area contributed by atoms with Crippen LogP contribution in [0.5, 0.6) is 0 Å². The molecule has 1 aromatic carbocycles. The fraction of sp³-hybridized carbons (Fsp3) is 0.588. The SMILES string of the molecule is Cc1cccc(NC(=O)N(C)C2CCC(CO)CC2)c1C. The van der Waals surface area contributed by atoms with Crippen molar-refractivity contribution in [2.45, 2.75) is 45.6 Å². The fourth-order valence-electron chi connectivity index (χ4n) is 2.97. The van der Waals surface area contributed by atoms with Gasteiger partial charge in [0.25, 0.3) is 0 Å². The van der Waals surface area contributed by atoms with Crippen LogP contribution in [0.15, 0.2) is 18.2 Å². The zero-order valence-electron chi connectivity index (χ0n) is 13.2. The van der Waals surface area contributed by atoms with Crippen LogP contribution < -0.4 is 5.32 Å². The Balaban J connectivity index is 1.95. The van der Waals surface area contributed by atoms with Crippen molar-refractivity contribution in [3.05, 3.63) is 29.3 Å². The molecule has 1 aliphatic carbocycles. The van der Waals surface area contributed by atoms with Gasteiger partial charge in [-0.25, -0.2) is 4.79 Å². The molecule has 0 bridgehead atoms. The topological polar surface area (TPSA) is 52.6 Å². The number of hydrogen-bond acceptors (Lipinski definition) is 2. The molecule has 0 spiro atoms. The molecule has 0 aliphatic heterocycles. The van der Waals surface area contributed by atoms with Gasteiger partial charge in [-0.2, -0.15) is 0 Å². The number of hydrogen-bond donors (Lipinski definition) is 2. The largest absolute Gasteiger partial charge is 0.396 e. The third-order valence-corrected chi connectivity index (χ3v) is 4.79. The smallest absolute Gasteiger partial charge is 0.321 e. The van der Waals surface area contributed by atoms with E-state index in [1.54, 1.807) is 0 Å². The zero-order chi connectivity index (χ0) is 15.4. The van der Waals surface area contributed by atoms with Gasteiger partial charge in [0.05, 0.1) is 0 Å². The van der Waals surface area contributed by atoms with Crippen LogP contribution in [0.25, 0.3) is 0 Å². The molecule has 2 rings (SSSR count). The molecule has 21 heavy (non-hydrogen) atoms. The van der Waals surface area contributed by atoms with Crippen molar-refractivity contribution < 1.29 is 9.90 Å². The monoisotopic (exact) mass is 290 g/mol. The highest BCUT2D eigenvalue weighted by Gasteiger charge is 2.26. The Morgan fingerprint density at radius 1 is 1.29 bits per heavy atom. The van der Waals surface area contributed by atoms with Crippen LogP contribution in [0.2, 0.25) is 0 Å². The van der Waals surface area contributed by atoms with Crippen molar-refractivity contribution >= 4 is 11.7 Å². The summed E-state index contributed by atoms with van der Waals surface area (Å²) in [4.78, 5) is 14.2. The molecule has 4 nitrogen and oxygen atoms in total. The maximum Gasteiger partial charge on any atom is 0.321 e. The molecule has 0 aromatic heterocycles. The van der Waals surface area contributed by atoms with Gasteiger partial charge in [-0.05, 0) is 62.6 Å². The first-order chi connectivity index (χ1) is 10.0. The molecule has 2 amide bonds. The van der Waals surface area contributed by atoms with E-state index in [1.165, 1.54) is 5.56 Å². The molecule has 4 heteroatoms. The highest BCUT2D eigenvalue weighted by atomic mass is 16.3. The average Bonchev–Trinajstić information content (AvgIpc) is 2.51. The van der Waals surface area contributed by atoms with Gasteiger partial charge >= 0.3 is 6.03 Å². The average molecular weight is 290 g/mol. The molecule has 2 N–H and O–H groups in total. The molecule has 1 fully saturated rings. The van der Waals surface area contributed by atoms with E-state index in [1.807, 2.05) is 44.0 Å². The number of aliphatic hydroxyl groups excluding tert-OH is 1. The second-order valence-electron chi connectivity index (χ2n) is 6.15. The van der Waals surface area contributed by atoms with Crippen molar-refractivity contribution in [3.8, 4) is 0 Å². The minimum Gasteiger partial charge on any atom is -0.396 e. The first-order valence-corrected chi connectivity index (χ1v) is 7.73. The highest BCUT2D eigenvalue weighted by Crippen LogP contribution is 2.27. The second-order valence-corrected chi connectivity index (χ2v) is 6.15. The summed E-state index contributed by atoms with van der Waals surface area (Å²) in [6, 6.07) is 6.18. The minimum absolute atomic E-state index is 0.0452. The van der Waals surface area contributed by atoms with Crippen LogP contribution in [-0.2, 0) is 0 Å². The quantitative estimate of drug-likeness (QED) is 0.897. The third kappa shape index (κ3) is 3.76. The summed E-state index contributed by atoms with van der Waals surface area (Å²) >= 11 is 0. The van der Waals surface area contributed by atoms with E-state index in [4.69, 9.17) is 0 Å². The Morgan fingerprint density at radius 3 is 2.57 bits per heavy atom. The van der Waals surface area contributed by atoms with Gasteiger partial charge in [0, 0.05) is 25.4 Å². The molecule has 1 saturated carbocycles.